The van der Waals surface area contributed by atoms with Gasteiger partial charge in [0.1, 0.15) is 0 Å². The number of nitrogens with zero attached hydrogens (tertiary/aromatic N) is 2. The maximum Gasteiger partial charge on any atom is 0.328 e. The van der Waals surface area contributed by atoms with Gasteiger partial charge >= 0.3 is 5.69 Å². The maximum atomic E-state index is 12.1. The molecule has 0 saturated carbocycles. The molecule has 0 saturated heterocycles. The van der Waals surface area contributed by atoms with Crippen LogP contribution in [-0.2, 0) is 31.1 Å². The predicted octanol–water partition coefficient (Wildman–Crippen LogP) is 1.29. The Morgan fingerprint density at radius 2 is 2.08 bits per heavy atom. The molecule has 0 bridgehead atoms. The highest BCUT2D eigenvalue weighted by Gasteiger charge is 2.17. The van der Waals surface area contributed by atoms with Crippen LogP contribution in [0.1, 0.15) is 41.1 Å². The molecule has 0 unspecified atom stereocenters. The first-order valence-corrected chi connectivity index (χ1v) is 8.84. The maximum absolute atomic E-state index is 12.1. The summed E-state index contributed by atoms with van der Waals surface area (Å²) in [4.78, 5) is 44.1. The fourth-order valence-electron chi connectivity index (χ4n) is 2.89. The number of rotatable bonds is 4. The smallest absolute Gasteiger partial charge is 0.311 e. The van der Waals surface area contributed by atoms with Gasteiger partial charge < -0.3 is 10.3 Å². The lowest BCUT2D eigenvalue weighted by Gasteiger charge is -2.06. The lowest BCUT2D eigenvalue weighted by atomic mass is 10.0. The van der Waals surface area contributed by atoms with Gasteiger partial charge in [-0.25, -0.2) is 9.78 Å². The predicted molar refractivity (Wildman–Crippen MR) is 92.7 cm³/mol. The van der Waals surface area contributed by atoms with Crippen molar-refractivity contribution in [2.24, 2.45) is 7.05 Å². The van der Waals surface area contributed by atoms with Crippen molar-refractivity contribution < 1.29 is 4.79 Å². The number of thiazole rings is 1. The Morgan fingerprint density at radius 1 is 1.33 bits per heavy atom. The van der Waals surface area contributed by atoms with E-state index in [9.17, 15) is 14.4 Å². The van der Waals surface area contributed by atoms with Crippen LogP contribution in [-0.4, -0.2) is 20.4 Å². The number of aryl methyl sites for hydroxylation is 3. The zero-order chi connectivity index (χ0) is 17.3. The Bertz CT molecular complexity index is 870. The number of aromatic amines is 1. The summed E-state index contributed by atoms with van der Waals surface area (Å²) >= 11 is 1.54. The van der Waals surface area contributed by atoms with Crippen LogP contribution in [0.3, 0.4) is 0 Å². The highest BCUT2D eigenvalue weighted by Crippen LogP contribution is 2.29. The van der Waals surface area contributed by atoms with Gasteiger partial charge in [-0.15, -0.1) is 11.3 Å². The fraction of sp³-hybridized carbons (Fsp3) is 0.500. The van der Waals surface area contributed by atoms with Gasteiger partial charge in [0.25, 0.3) is 5.56 Å². The molecule has 0 radical (unpaired) electrons. The molecule has 7 nitrogen and oxygen atoms in total. The number of carbonyl (C=O) groups excluding carboxylic acids is 1. The van der Waals surface area contributed by atoms with Crippen LogP contribution in [0.25, 0.3) is 0 Å². The van der Waals surface area contributed by atoms with Gasteiger partial charge in [0, 0.05) is 29.6 Å². The minimum atomic E-state index is -0.445. The zero-order valence-electron chi connectivity index (χ0n) is 13.8. The molecule has 0 fully saturated rings. The third-order valence-electron chi connectivity index (χ3n) is 4.31. The van der Waals surface area contributed by atoms with Gasteiger partial charge in [0.05, 0.1) is 5.69 Å². The van der Waals surface area contributed by atoms with Crippen LogP contribution in [0.15, 0.2) is 9.59 Å². The number of amides is 1. The van der Waals surface area contributed by atoms with E-state index in [0.717, 1.165) is 29.5 Å². The van der Waals surface area contributed by atoms with Crippen molar-refractivity contribution >= 4 is 22.4 Å². The number of nitrogens with one attached hydrogen (secondary N) is 2. The van der Waals surface area contributed by atoms with Gasteiger partial charge in [-0.2, -0.15) is 0 Å². The number of anilines is 1. The minimum absolute atomic E-state index is 0.172. The van der Waals surface area contributed by atoms with Crippen molar-refractivity contribution in [3.63, 3.8) is 0 Å². The lowest BCUT2D eigenvalue weighted by molar-refractivity contribution is -0.116. The van der Waals surface area contributed by atoms with Gasteiger partial charge in [0.2, 0.25) is 5.91 Å². The summed E-state index contributed by atoms with van der Waals surface area (Å²) < 4.78 is 1.02. The van der Waals surface area contributed by atoms with E-state index < -0.39 is 5.69 Å². The number of hydrogen-bond acceptors (Lipinski definition) is 5. The number of aromatic nitrogens is 3. The number of H-pyrrole nitrogens is 1. The highest BCUT2D eigenvalue weighted by atomic mass is 32.1. The Hall–Kier alpha value is -2.22. The summed E-state index contributed by atoms with van der Waals surface area (Å²) in [5.41, 5.74) is 1.28. The van der Waals surface area contributed by atoms with Crippen molar-refractivity contribution in [2.45, 2.75) is 45.4 Å². The third-order valence-corrected chi connectivity index (χ3v) is 5.38. The molecule has 3 rings (SSSR count). The molecule has 8 heteroatoms. The molecule has 128 valence electrons. The average Bonchev–Trinajstić information content (AvgIpc) is 2.94. The first-order valence-electron chi connectivity index (χ1n) is 8.03. The fourth-order valence-corrected chi connectivity index (χ4v) is 3.96. The van der Waals surface area contributed by atoms with E-state index in [4.69, 9.17) is 0 Å². The van der Waals surface area contributed by atoms with E-state index in [0.29, 0.717) is 16.4 Å². The second-order valence-electron chi connectivity index (χ2n) is 6.04. The monoisotopic (exact) mass is 348 g/mol. The molecule has 1 aliphatic carbocycles. The van der Waals surface area contributed by atoms with Gasteiger partial charge in [-0.05, 0) is 39.0 Å². The molecule has 2 aromatic heterocycles. The Kier molecular flexibility index (Phi) is 4.66. The SMILES string of the molecule is Cc1[nH]c(=O)n(C)c(=O)c1CCC(=O)Nc1nc2c(s1)CCCC2. The first-order chi connectivity index (χ1) is 11.5. The van der Waals surface area contributed by atoms with Crippen molar-refractivity contribution in [1.29, 1.82) is 0 Å². The molecular formula is C16H20N4O3S. The zero-order valence-corrected chi connectivity index (χ0v) is 14.6. The van der Waals surface area contributed by atoms with E-state index >= 15 is 0 Å². The van der Waals surface area contributed by atoms with Crippen LogP contribution in [0.2, 0.25) is 0 Å². The number of fused-ring (bicyclic) bond motifs is 1. The molecule has 1 aliphatic rings. The summed E-state index contributed by atoms with van der Waals surface area (Å²) in [5, 5.41) is 3.46. The highest BCUT2D eigenvalue weighted by molar-refractivity contribution is 7.15. The largest absolute Gasteiger partial charge is 0.328 e. The second kappa shape index (κ2) is 6.72. The summed E-state index contributed by atoms with van der Waals surface area (Å²) in [6, 6.07) is 0. The normalized spacial score (nSPS) is 13.6. The molecule has 0 atom stereocenters. The molecular weight excluding hydrogens is 328 g/mol. The topological polar surface area (TPSA) is 96.9 Å². The molecule has 1 amide bonds. The van der Waals surface area contributed by atoms with Gasteiger partial charge in [0.15, 0.2) is 5.13 Å². The Labute approximate surface area is 142 Å². The Balaban J connectivity index is 1.66. The molecule has 2 N–H and O–H groups in total. The van der Waals surface area contributed by atoms with Crippen molar-refractivity contribution in [3.05, 3.63) is 42.7 Å². The van der Waals surface area contributed by atoms with E-state index in [-0.39, 0.29) is 24.3 Å². The Morgan fingerprint density at radius 3 is 2.83 bits per heavy atom. The molecule has 2 heterocycles. The summed E-state index contributed by atoms with van der Waals surface area (Å²) in [6.07, 6.45) is 4.80. The second-order valence-corrected chi connectivity index (χ2v) is 7.13. The summed E-state index contributed by atoms with van der Waals surface area (Å²) in [6.45, 7) is 1.67. The standard InChI is InChI=1S/C16H20N4O3S/c1-9-10(14(22)20(2)16(23)17-9)7-8-13(21)19-15-18-11-5-3-4-6-12(11)24-15/h3-8H2,1-2H3,(H,17,23)(H,18,19,21). The quantitative estimate of drug-likeness (QED) is 0.870. The van der Waals surface area contributed by atoms with Crippen LogP contribution >= 0.6 is 11.3 Å². The molecule has 2 aromatic rings. The van der Waals surface area contributed by atoms with E-state index in [1.807, 2.05) is 0 Å². The van der Waals surface area contributed by atoms with E-state index in [2.05, 4.69) is 15.3 Å². The van der Waals surface area contributed by atoms with Crippen molar-refractivity contribution in [1.82, 2.24) is 14.5 Å². The first kappa shape index (κ1) is 16.6. The average molecular weight is 348 g/mol. The van der Waals surface area contributed by atoms with Crippen molar-refractivity contribution in [3.8, 4) is 0 Å². The van der Waals surface area contributed by atoms with E-state index in [1.54, 1.807) is 6.92 Å². The van der Waals surface area contributed by atoms with Gasteiger partial charge in [-0.3, -0.25) is 14.2 Å². The number of carbonyl (C=O) groups is 1. The number of hydrogen-bond donors (Lipinski definition) is 2. The van der Waals surface area contributed by atoms with Crippen LogP contribution in [0.4, 0.5) is 5.13 Å². The minimum Gasteiger partial charge on any atom is -0.311 e. The van der Waals surface area contributed by atoms with E-state index in [1.165, 1.54) is 29.7 Å². The summed E-state index contributed by atoms with van der Waals surface area (Å²) in [5.74, 6) is -0.172. The third kappa shape index (κ3) is 3.33. The van der Waals surface area contributed by atoms with Crippen LogP contribution in [0.5, 0.6) is 0 Å². The van der Waals surface area contributed by atoms with Crippen LogP contribution < -0.4 is 16.6 Å². The molecule has 0 spiro atoms. The molecule has 24 heavy (non-hydrogen) atoms. The lowest BCUT2D eigenvalue weighted by Crippen LogP contribution is -2.36. The summed E-state index contributed by atoms with van der Waals surface area (Å²) in [7, 11) is 1.42. The van der Waals surface area contributed by atoms with Crippen LogP contribution in [0, 0.1) is 6.92 Å². The molecule has 0 aromatic carbocycles. The van der Waals surface area contributed by atoms with Gasteiger partial charge in [-0.1, -0.05) is 0 Å². The van der Waals surface area contributed by atoms with Crippen molar-refractivity contribution in [2.75, 3.05) is 5.32 Å². The molecule has 0 aliphatic heterocycles.